The zero-order chi connectivity index (χ0) is 19.1. The lowest BCUT2D eigenvalue weighted by Crippen LogP contribution is -2.34. The number of hydrogen-bond acceptors (Lipinski definition) is 5. The fourth-order valence-electron chi connectivity index (χ4n) is 2.71. The molecule has 0 aliphatic rings. The Labute approximate surface area is 159 Å². The van der Waals surface area contributed by atoms with E-state index >= 15 is 0 Å². The van der Waals surface area contributed by atoms with Crippen molar-refractivity contribution < 1.29 is 4.79 Å². The second-order valence-corrected chi connectivity index (χ2v) is 6.45. The number of carbonyl (C=O) groups excluding carboxylic acids is 1. The van der Waals surface area contributed by atoms with Gasteiger partial charge in [-0.2, -0.15) is 0 Å². The maximum atomic E-state index is 13.0. The van der Waals surface area contributed by atoms with Gasteiger partial charge in [0.05, 0.1) is 18.1 Å². The Morgan fingerprint density at radius 3 is 2.26 bits per heavy atom. The van der Waals surface area contributed by atoms with Crippen LogP contribution in [0.25, 0.3) is 11.4 Å². The molecule has 3 rings (SSSR count). The Balaban J connectivity index is 1.84. The van der Waals surface area contributed by atoms with Gasteiger partial charge in [0.25, 0.3) is 5.91 Å². The van der Waals surface area contributed by atoms with Crippen LogP contribution in [0.3, 0.4) is 0 Å². The summed E-state index contributed by atoms with van der Waals surface area (Å²) in [7, 11) is 4.04. The van der Waals surface area contributed by atoms with E-state index in [0.717, 1.165) is 18.7 Å². The van der Waals surface area contributed by atoms with Crippen LogP contribution in [-0.4, -0.2) is 52.9 Å². The van der Waals surface area contributed by atoms with Gasteiger partial charge in [0, 0.05) is 18.3 Å². The second-order valence-electron chi connectivity index (χ2n) is 6.45. The van der Waals surface area contributed by atoms with Crippen LogP contribution >= 0.6 is 0 Å². The number of nitrogens with zero attached hydrogens (tertiary/aromatic N) is 5. The minimum Gasteiger partial charge on any atom is -0.309 e. The highest BCUT2D eigenvalue weighted by atomic mass is 16.2. The molecule has 2 heterocycles. The summed E-state index contributed by atoms with van der Waals surface area (Å²) in [5.41, 5.74) is 2.07. The number of amides is 1. The van der Waals surface area contributed by atoms with Crippen molar-refractivity contribution in [1.29, 1.82) is 0 Å². The molecule has 0 radical (unpaired) electrons. The van der Waals surface area contributed by atoms with E-state index in [2.05, 4.69) is 19.9 Å². The van der Waals surface area contributed by atoms with Crippen LogP contribution in [0.4, 0.5) is 5.82 Å². The first kappa shape index (κ1) is 18.7. The first-order valence-electron chi connectivity index (χ1n) is 8.90. The van der Waals surface area contributed by atoms with Gasteiger partial charge in [-0.3, -0.25) is 14.7 Å². The fraction of sp³-hybridized carbons (Fsp3) is 0.238. The molecule has 0 aliphatic heterocycles. The van der Waals surface area contributed by atoms with Crippen LogP contribution in [0, 0.1) is 0 Å². The lowest BCUT2D eigenvalue weighted by molar-refractivity contribution is 0.0985. The monoisotopic (exact) mass is 361 g/mol. The first-order valence-corrected chi connectivity index (χ1v) is 8.90. The van der Waals surface area contributed by atoms with Crippen molar-refractivity contribution in [3.63, 3.8) is 0 Å². The van der Waals surface area contributed by atoms with Crippen LogP contribution in [0.5, 0.6) is 0 Å². The minimum atomic E-state index is -0.0748. The van der Waals surface area contributed by atoms with Gasteiger partial charge in [0.2, 0.25) is 0 Å². The molecule has 0 aliphatic carbocycles. The maximum absolute atomic E-state index is 13.0. The van der Waals surface area contributed by atoms with Gasteiger partial charge in [-0.25, -0.2) is 9.97 Å². The zero-order valence-corrected chi connectivity index (χ0v) is 15.6. The predicted octanol–water partition coefficient (Wildman–Crippen LogP) is 3.14. The molecule has 27 heavy (non-hydrogen) atoms. The first-order chi connectivity index (χ1) is 13.1. The third-order valence-electron chi connectivity index (χ3n) is 4.10. The summed E-state index contributed by atoms with van der Waals surface area (Å²) in [4.78, 5) is 30.0. The van der Waals surface area contributed by atoms with Gasteiger partial charge >= 0.3 is 0 Å². The van der Waals surface area contributed by atoms with Crippen molar-refractivity contribution in [3.05, 3.63) is 72.7 Å². The molecular formula is C21H23N5O. The van der Waals surface area contributed by atoms with E-state index in [-0.39, 0.29) is 5.91 Å². The van der Waals surface area contributed by atoms with E-state index in [9.17, 15) is 4.79 Å². The summed E-state index contributed by atoms with van der Waals surface area (Å²) in [6.07, 6.45) is 5.86. The average molecular weight is 361 g/mol. The highest BCUT2D eigenvalue weighted by molar-refractivity contribution is 6.05. The van der Waals surface area contributed by atoms with Crippen molar-refractivity contribution in [2.45, 2.75) is 6.42 Å². The van der Waals surface area contributed by atoms with Gasteiger partial charge in [0.1, 0.15) is 5.69 Å². The third-order valence-corrected chi connectivity index (χ3v) is 4.10. The number of hydrogen-bond donors (Lipinski definition) is 0. The molecular weight excluding hydrogens is 338 g/mol. The fourth-order valence-corrected chi connectivity index (χ4v) is 2.71. The predicted molar refractivity (Wildman–Crippen MR) is 107 cm³/mol. The second kappa shape index (κ2) is 9.00. The van der Waals surface area contributed by atoms with Crippen molar-refractivity contribution >= 4 is 11.7 Å². The van der Waals surface area contributed by atoms with Crippen LogP contribution in [0.15, 0.2) is 67.1 Å². The highest BCUT2D eigenvalue weighted by Gasteiger charge is 2.19. The lowest BCUT2D eigenvalue weighted by Gasteiger charge is -2.22. The number of benzene rings is 1. The molecule has 0 spiro atoms. The number of rotatable bonds is 7. The summed E-state index contributed by atoms with van der Waals surface area (Å²) >= 11 is 0. The zero-order valence-electron chi connectivity index (χ0n) is 15.6. The Hall–Kier alpha value is -3.12. The van der Waals surface area contributed by atoms with E-state index in [1.165, 1.54) is 0 Å². The molecule has 3 aromatic rings. The largest absolute Gasteiger partial charge is 0.309 e. The Morgan fingerprint density at radius 1 is 0.852 bits per heavy atom. The smallest absolute Gasteiger partial charge is 0.259 e. The summed E-state index contributed by atoms with van der Waals surface area (Å²) in [6.45, 7) is 1.46. The lowest BCUT2D eigenvalue weighted by atomic mass is 10.2. The molecule has 0 unspecified atom stereocenters. The molecule has 0 fully saturated rings. The van der Waals surface area contributed by atoms with Crippen molar-refractivity contribution in [2.24, 2.45) is 0 Å². The van der Waals surface area contributed by atoms with Gasteiger partial charge in [-0.1, -0.05) is 24.3 Å². The van der Waals surface area contributed by atoms with E-state index < -0.39 is 0 Å². The normalized spacial score (nSPS) is 10.8. The molecule has 138 valence electrons. The minimum absolute atomic E-state index is 0.0748. The number of aromatic nitrogens is 3. The van der Waals surface area contributed by atoms with E-state index in [0.29, 0.717) is 23.6 Å². The number of carbonyl (C=O) groups is 1. The molecule has 0 bridgehead atoms. The SMILES string of the molecule is CN(C)CCCN(C(=O)c1ccccc1)c1cnc(-c2ccccn2)cn1. The number of pyridine rings is 1. The standard InChI is InChI=1S/C21H23N5O/c1-25(2)13-8-14-26(21(27)17-9-4-3-5-10-17)20-16-23-19(15-24-20)18-11-6-7-12-22-18/h3-7,9-12,15-16H,8,13-14H2,1-2H3. The van der Waals surface area contributed by atoms with Gasteiger partial charge < -0.3 is 4.90 Å². The highest BCUT2D eigenvalue weighted by Crippen LogP contribution is 2.18. The van der Waals surface area contributed by atoms with E-state index in [1.54, 1.807) is 23.5 Å². The van der Waals surface area contributed by atoms with Gasteiger partial charge in [-0.15, -0.1) is 0 Å². The van der Waals surface area contributed by atoms with Crippen LogP contribution in [0.1, 0.15) is 16.8 Å². The van der Waals surface area contributed by atoms with Crippen molar-refractivity contribution in [3.8, 4) is 11.4 Å². The summed E-state index contributed by atoms with van der Waals surface area (Å²) < 4.78 is 0. The third kappa shape index (κ3) is 4.95. The molecule has 0 atom stereocenters. The molecule has 2 aromatic heterocycles. The molecule has 0 N–H and O–H groups in total. The average Bonchev–Trinajstić information content (AvgIpc) is 2.72. The van der Waals surface area contributed by atoms with Gasteiger partial charge in [-0.05, 0) is 51.3 Å². The summed E-state index contributed by atoms with van der Waals surface area (Å²) in [6, 6.07) is 14.9. The molecule has 6 nitrogen and oxygen atoms in total. The molecule has 1 aromatic carbocycles. The molecule has 6 heteroatoms. The van der Waals surface area contributed by atoms with E-state index in [4.69, 9.17) is 0 Å². The van der Waals surface area contributed by atoms with Crippen molar-refractivity contribution in [2.75, 3.05) is 32.1 Å². The Bertz CT molecular complexity index is 851. The van der Waals surface area contributed by atoms with Crippen LogP contribution < -0.4 is 4.90 Å². The quantitative estimate of drug-likeness (QED) is 0.647. The summed E-state index contributed by atoms with van der Waals surface area (Å²) in [5.74, 6) is 0.469. The van der Waals surface area contributed by atoms with E-state index in [1.807, 2.05) is 62.6 Å². The maximum Gasteiger partial charge on any atom is 0.259 e. The molecule has 0 saturated heterocycles. The molecule has 0 saturated carbocycles. The van der Waals surface area contributed by atoms with Crippen LogP contribution in [-0.2, 0) is 0 Å². The molecule has 1 amide bonds. The van der Waals surface area contributed by atoms with Crippen LogP contribution in [0.2, 0.25) is 0 Å². The summed E-state index contributed by atoms with van der Waals surface area (Å²) in [5, 5.41) is 0. The Morgan fingerprint density at radius 2 is 1.63 bits per heavy atom. The topological polar surface area (TPSA) is 62.2 Å². The Kier molecular flexibility index (Phi) is 6.22. The van der Waals surface area contributed by atoms with Gasteiger partial charge in [0.15, 0.2) is 5.82 Å². The number of anilines is 1. The van der Waals surface area contributed by atoms with Crippen molar-refractivity contribution in [1.82, 2.24) is 19.9 Å².